The number of alkyl halides is 3. The molecule has 0 atom stereocenters. The molecule has 0 fully saturated rings. The zero-order valence-corrected chi connectivity index (χ0v) is 12.3. The van der Waals surface area contributed by atoms with Gasteiger partial charge in [-0.25, -0.2) is 0 Å². The number of amides is 1. The first kappa shape index (κ1) is 16.8. The second-order valence-electron chi connectivity index (χ2n) is 5.20. The van der Waals surface area contributed by atoms with Crippen LogP contribution in [-0.4, -0.2) is 30.1 Å². The molecule has 0 heterocycles. The Morgan fingerprint density at radius 2 is 1.83 bits per heavy atom. The molecule has 0 bridgehead atoms. The Kier molecular flexibility index (Phi) is 5.22. The molecule has 0 aliphatic heterocycles. The molecule has 2 aromatic rings. The Labute approximate surface area is 131 Å². The largest absolute Gasteiger partial charge is 0.406 e. The first-order chi connectivity index (χ1) is 10.9. The SMILES string of the molecule is N#CCCN(CC(F)(F)F)C(=O)Cc1ccc2ccccc2c1. The Morgan fingerprint density at radius 3 is 2.48 bits per heavy atom. The van der Waals surface area contributed by atoms with Crippen LogP contribution in [0.5, 0.6) is 0 Å². The van der Waals surface area contributed by atoms with Crippen LogP contribution >= 0.6 is 0 Å². The van der Waals surface area contributed by atoms with E-state index < -0.39 is 18.6 Å². The van der Waals surface area contributed by atoms with Gasteiger partial charge in [0.15, 0.2) is 0 Å². The summed E-state index contributed by atoms with van der Waals surface area (Å²) < 4.78 is 37.7. The van der Waals surface area contributed by atoms with Crippen LogP contribution < -0.4 is 0 Å². The predicted molar refractivity (Wildman–Crippen MR) is 80.5 cm³/mol. The van der Waals surface area contributed by atoms with E-state index in [1.807, 2.05) is 30.3 Å². The number of nitriles is 1. The number of carbonyl (C=O) groups excluding carboxylic acids is 1. The van der Waals surface area contributed by atoms with E-state index in [1.54, 1.807) is 18.2 Å². The monoisotopic (exact) mass is 320 g/mol. The molecule has 0 aromatic heterocycles. The van der Waals surface area contributed by atoms with Gasteiger partial charge in [0, 0.05) is 6.54 Å². The van der Waals surface area contributed by atoms with Crippen LogP contribution in [0.2, 0.25) is 0 Å². The van der Waals surface area contributed by atoms with Gasteiger partial charge in [-0.2, -0.15) is 18.4 Å². The van der Waals surface area contributed by atoms with Gasteiger partial charge in [-0.15, -0.1) is 0 Å². The predicted octanol–water partition coefficient (Wildman–Crippen LogP) is 3.69. The second-order valence-corrected chi connectivity index (χ2v) is 5.20. The lowest BCUT2D eigenvalue weighted by Gasteiger charge is -2.23. The fourth-order valence-electron chi connectivity index (χ4n) is 2.33. The van der Waals surface area contributed by atoms with Crippen molar-refractivity contribution in [2.75, 3.05) is 13.1 Å². The van der Waals surface area contributed by atoms with Crippen molar-refractivity contribution in [3.63, 3.8) is 0 Å². The van der Waals surface area contributed by atoms with E-state index in [1.165, 1.54) is 0 Å². The first-order valence-electron chi connectivity index (χ1n) is 7.08. The van der Waals surface area contributed by atoms with Crippen molar-refractivity contribution in [2.45, 2.75) is 19.0 Å². The number of hydrogen-bond acceptors (Lipinski definition) is 2. The summed E-state index contributed by atoms with van der Waals surface area (Å²) in [5.41, 5.74) is 0.651. The van der Waals surface area contributed by atoms with E-state index in [2.05, 4.69) is 0 Å². The lowest BCUT2D eigenvalue weighted by atomic mass is 10.0. The minimum atomic E-state index is -4.48. The van der Waals surface area contributed by atoms with Crippen molar-refractivity contribution in [2.24, 2.45) is 0 Å². The van der Waals surface area contributed by atoms with Gasteiger partial charge in [0.05, 0.1) is 18.9 Å². The molecular weight excluding hydrogens is 305 g/mol. The molecule has 0 radical (unpaired) electrons. The van der Waals surface area contributed by atoms with Crippen molar-refractivity contribution in [1.82, 2.24) is 4.90 Å². The van der Waals surface area contributed by atoms with Crippen LogP contribution in [0.1, 0.15) is 12.0 Å². The number of nitrogens with zero attached hydrogens (tertiary/aromatic N) is 2. The standard InChI is InChI=1S/C17H15F3N2O/c18-17(19,20)12-22(9-3-8-21)16(23)11-13-6-7-14-4-1-2-5-15(14)10-13/h1-2,4-7,10H,3,9,11-12H2. The second kappa shape index (κ2) is 7.14. The Bertz CT molecular complexity index is 734. The van der Waals surface area contributed by atoms with Gasteiger partial charge in [0.25, 0.3) is 0 Å². The average molecular weight is 320 g/mol. The Hall–Kier alpha value is -2.55. The number of hydrogen-bond donors (Lipinski definition) is 0. The normalized spacial score (nSPS) is 11.2. The Morgan fingerprint density at radius 1 is 1.13 bits per heavy atom. The summed E-state index contributed by atoms with van der Waals surface area (Å²) in [6, 6.07) is 14.7. The molecule has 0 spiro atoms. The van der Waals surface area contributed by atoms with Gasteiger partial charge >= 0.3 is 6.18 Å². The summed E-state index contributed by atoms with van der Waals surface area (Å²) in [5, 5.41) is 10.5. The van der Waals surface area contributed by atoms with Gasteiger partial charge in [-0.05, 0) is 16.3 Å². The molecule has 0 aliphatic rings. The summed E-state index contributed by atoms with van der Waals surface area (Å²) in [6.45, 7) is -1.55. The third-order valence-electron chi connectivity index (χ3n) is 3.39. The van der Waals surface area contributed by atoms with Gasteiger partial charge in [0.1, 0.15) is 6.54 Å². The van der Waals surface area contributed by atoms with E-state index in [0.717, 1.165) is 10.8 Å². The molecule has 2 rings (SSSR count). The number of benzene rings is 2. The lowest BCUT2D eigenvalue weighted by molar-refractivity contribution is -0.160. The Balaban J connectivity index is 2.13. The van der Waals surface area contributed by atoms with Crippen molar-refractivity contribution < 1.29 is 18.0 Å². The summed E-state index contributed by atoms with van der Waals surface area (Å²) >= 11 is 0. The highest BCUT2D eigenvalue weighted by atomic mass is 19.4. The topological polar surface area (TPSA) is 44.1 Å². The van der Waals surface area contributed by atoms with E-state index in [9.17, 15) is 18.0 Å². The molecule has 0 unspecified atom stereocenters. The van der Waals surface area contributed by atoms with Crippen molar-refractivity contribution in [1.29, 1.82) is 5.26 Å². The zero-order chi connectivity index (χ0) is 16.9. The quantitative estimate of drug-likeness (QED) is 0.843. The molecule has 0 aliphatic carbocycles. The van der Waals surface area contributed by atoms with Crippen LogP contribution in [0.3, 0.4) is 0 Å². The van der Waals surface area contributed by atoms with Gasteiger partial charge in [0.2, 0.25) is 5.91 Å². The highest BCUT2D eigenvalue weighted by molar-refractivity contribution is 5.85. The lowest BCUT2D eigenvalue weighted by Crippen LogP contribution is -2.40. The summed E-state index contributed by atoms with van der Waals surface area (Å²) in [7, 11) is 0. The number of halogens is 3. The molecular formula is C17H15F3N2O. The van der Waals surface area contributed by atoms with Crippen LogP contribution in [0.4, 0.5) is 13.2 Å². The average Bonchev–Trinajstić information content (AvgIpc) is 2.50. The summed E-state index contributed by atoms with van der Waals surface area (Å²) in [5.74, 6) is -0.632. The van der Waals surface area contributed by atoms with Crippen LogP contribution in [0.15, 0.2) is 42.5 Å². The van der Waals surface area contributed by atoms with E-state index in [0.29, 0.717) is 10.5 Å². The van der Waals surface area contributed by atoms with E-state index in [4.69, 9.17) is 5.26 Å². The number of fused-ring (bicyclic) bond motifs is 1. The van der Waals surface area contributed by atoms with Crippen LogP contribution in [0, 0.1) is 11.3 Å². The minimum Gasteiger partial charge on any atom is -0.332 e. The summed E-state index contributed by atoms with van der Waals surface area (Å²) in [4.78, 5) is 12.8. The van der Waals surface area contributed by atoms with Gasteiger partial charge < -0.3 is 4.90 Å². The highest BCUT2D eigenvalue weighted by Gasteiger charge is 2.32. The molecule has 120 valence electrons. The molecule has 0 N–H and O–H groups in total. The van der Waals surface area contributed by atoms with Crippen LogP contribution in [0.25, 0.3) is 10.8 Å². The highest BCUT2D eigenvalue weighted by Crippen LogP contribution is 2.19. The third kappa shape index (κ3) is 4.99. The van der Waals surface area contributed by atoms with Crippen LogP contribution in [-0.2, 0) is 11.2 Å². The maximum Gasteiger partial charge on any atom is 0.406 e. The van der Waals surface area contributed by atoms with Gasteiger partial charge in [-0.3, -0.25) is 4.79 Å². The maximum absolute atomic E-state index is 12.6. The molecule has 23 heavy (non-hydrogen) atoms. The maximum atomic E-state index is 12.6. The van der Waals surface area contributed by atoms with Crippen molar-refractivity contribution in [3.05, 3.63) is 48.0 Å². The zero-order valence-electron chi connectivity index (χ0n) is 12.3. The number of carbonyl (C=O) groups is 1. The molecule has 1 amide bonds. The molecule has 0 saturated carbocycles. The number of rotatable bonds is 5. The third-order valence-corrected chi connectivity index (χ3v) is 3.39. The van der Waals surface area contributed by atoms with Gasteiger partial charge in [-0.1, -0.05) is 42.5 Å². The van der Waals surface area contributed by atoms with E-state index in [-0.39, 0.29) is 19.4 Å². The molecule has 6 heteroatoms. The van der Waals surface area contributed by atoms with Crippen molar-refractivity contribution >= 4 is 16.7 Å². The molecule has 0 saturated heterocycles. The van der Waals surface area contributed by atoms with Crippen molar-refractivity contribution in [3.8, 4) is 6.07 Å². The minimum absolute atomic E-state index is 0.119. The molecule has 3 nitrogen and oxygen atoms in total. The fraction of sp³-hybridized carbons (Fsp3) is 0.294. The summed E-state index contributed by atoms with van der Waals surface area (Å²) in [6.07, 6.45) is -4.72. The first-order valence-corrected chi connectivity index (χ1v) is 7.08. The molecule has 2 aromatic carbocycles. The smallest absolute Gasteiger partial charge is 0.332 e. The fourth-order valence-corrected chi connectivity index (χ4v) is 2.33. The van der Waals surface area contributed by atoms with E-state index >= 15 is 0 Å².